The molecule has 1 amide bonds. The summed E-state index contributed by atoms with van der Waals surface area (Å²) in [7, 11) is 0. The molecule has 1 fully saturated rings. The van der Waals surface area contributed by atoms with Crippen molar-refractivity contribution < 1.29 is 9.53 Å². The molecule has 0 unspecified atom stereocenters. The fraction of sp³-hybridized carbons (Fsp3) is 0.227. The molecule has 3 aromatic rings. The van der Waals surface area contributed by atoms with Gasteiger partial charge in [0.2, 0.25) is 0 Å². The van der Waals surface area contributed by atoms with Crippen LogP contribution in [-0.2, 0) is 4.79 Å². The van der Waals surface area contributed by atoms with Crippen LogP contribution in [0, 0.1) is 0 Å². The van der Waals surface area contributed by atoms with Gasteiger partial charge < -0.3 is 15.0 Å². The van der Waals surface area contributed by atoms with Crippen molar-refractivity contribution in [1.29, 1.82) is 0 Å². The molecular weight excluding hydrogens is 423 g/mol. The SMILES string of the molecule is O=C(COc1cccc(Cl)c1Cl)Nc1cccc(-c2ccc(N3CCCC3)nn2)c1. The molecule has 1 aliphatic heterocycles. The van der Waals surface area contributed by atoms with Crippen LogP contribution in [0.25, 0.3) is 11.3 Å². The van der Waals surface area contributed by atoms with E-state index >= 15 is 0 Å². The van der Waals surface area contributed by atoms with Gasteiger partial charge >= 0.3 is 0 Å². The van der Waals surface area contributed by atoms with Gasteiger partial charge in [-0.25, -0.2) is 0 Å². The van der Waals surface area contributed by atoms with E-state index < -0.39 is 0 Å². The molecule has 8 heteroatoms. The van der Waals surface area contributed by atoms with Crippen LogP contribution in [0.5, 0.6) is 5.75 Å². The van der Waals surface area contributed by atoms with Crippen LogP contribution in [0.4, 0.5) is 11.5 Å². The van der Waals surface area contributed by atoms with E-state index in [9.17, 15) is 4.79 Å². The first kappa shape index (κ1) is 20.4. The Bertz CT molecular complexity index is 1040. The Morgan fingerprint density at radius 3 is 2.60 bits per heavy atom. The number of rotatable bonds is 6. The predicted octanol–water partition coefficient (Wildman–Crippen LogP) is 5.07. The maximum Gasteiger partial charge on any atom is 0.262 e. The van der Waals surface area contributed by atoms with Crippen LogP contribution in [0.1, 0.15) is 12.8 Å². The van der Waals surface area contributed by atoms with Crippen molar-refractivity contribution in [3.05, 3.63) is 64.6 Å². The maximum absolute atomic E-state index is 12.3. The fourth-order valence-corrected chi connectivity index (χ4v) is 3.63. The van der Waals surface area contributed by atoms with E-state index in [-0.39, 0.29) is 17.5 Å². The third-order valence-electron chi connectivity index (χ3n) is 4.80. The molecule has 0 saturated carbocycles. The summed E-state index contributed by atoms with van der Waals surface area (Å²) in [5, 5.41) is 12.2. The largest absolute Gasteiger partial charge is 0.482 e. The number of carbonyl (C=O) groups excluding carboxylic acids is 1. The molecule has 0 atom stereocenters. The molecule has 0 radical (unpaired) electrons. The van der Waals surface area contributed by atoms with Crippen LogP contribution >= 0.6 is 23.2 Å². The van der Waals surface area contributed by atoms with Crippen molar-refractivity contribution in [2.75, 3.05) is 29.9 Å². The fourth-order valence-electron chi connectivity index (χ4n) is 3.29. The minimum Gasteiger partial charge on any atom is -0.482 e. The van der Waals surface area contributed by atoms with Gasteiger partial charge in [0.25, 0.3) is 5.91 Å². The Morgan fingerprint density at radius 2 is 1.83 bits per heavy atom. The summed E-state index contributed by atoms with van der Waals surface area (Å²) in [6, 6.07) is 16.4. The van der Waals surface area contributed by atoms with Gasteiger partial charge in [-0.2, -0.15) is 0 Å². The molecule has 1 N–H and O–H groups in total. The molecule has 2 aromatic carbocycles. The normalized spacial score (nSPS) is 13.3. The summed E-state index contributed by atoms with van der Waals surface area (Å²) in [4.78, 5) is 14.5. The van der Waals surface area contributed by atoms with Crippen molar-refractivity contribution in [1.82, 2.24) is 10.2 Å². The van der Waals surface area contributed by atoms with Crippen LogP contribution in [0.2, 0.25) is 10.0 Å². The van der Waals surface area contributed by atoms with Crippen LogP contribution in [0.15, 0.2) is 54.6 Å². The zero-order valence-electron chi connectivity index (χ0n) is 16.1. The second-order valence-electron chi connectivity index (χ2n) is 6.94. The van der Waals surface area contributed by atoms with Gasteiger partial charge in [-0.1, -0.05) is 41.4 Å². The average molecular weight is 443 g/mol. The molecule has 2 heterocycles. The molecule has 0 spiro atoms. The predicted molar refractivity (Wildman–Crippen MR) is 120 cm³/mol. The lowest BCUT2D eigenvalue weighted by Crippen LogP contribution is -2.20. The highest BCUT2D eigenvalue weighted by Crippen LogP contribution is 2.31. The van der Waals surface area contributed by atoms with Gasteiger partial charge in [-0.15, -0.1) is 10.2 Å². The topological polar surface area (TPSA) is 67.3 Å². The summed E-state index contributed by atoms with van der Waals surface area (Å²) < 4.78 is 5.47. The molecule has 1 aromatic heterocycles. The van der Waals surface area contributed by atoms with E-state index in [1.165, 1.54) is 12.8 Å². The maximum atomic E-state index is 12.3. The first-order valence-corrected chi connectivity index (χ1v) is 10.4. The second-order valence-corrected chi connectivity index (χ2v) is 7.73. The summed E-state index contributed by atoms with van der Waals surface area (Å²) in [6.07, 6.45) is 2.39. The van der Waals surface area contributed by atoms with Gasteiger partial charge in [0.1, 0.15) is 10.8 Å². The summed E-state index contributed by atoms with van der Waals surface area (Å²) in [6.45, 7) is 1.87. The first-order chi connectivity index (χ1) is 14.6. The van der Waals surface area contributed by atoms with Crippen molar-refractivity contribution in [3.8, 4) is 17.0 Å². The molecule has 30 heavy (non-hydrogen) atoms. The van der Waals surface area contributed by atoms with Gasteiger partial charge in [-0.05, 0) is 49.2 Å². The number of ether oxygens (including phenoxy) is 1. The van der Waals surface area contributed by atoms with Crippen molar-refractivity contribution in [3.63, 3.8) is 0 Å². The molecule has 1 saturated heterocycles. The molecule has 154 valence electrons. The number of halogens is 2. The van der Waals surface area contributed by atoms with E-state index in [1.807, 2.05) is 30.3 Å². The van der Waals surface area contributed by atoms with Crippen LogP contribution in [0.3, 0.4) is 0 Å². The van der Waals surface area contributed by atoms with Crippen LogP contribution < -0.4 is 15.0 Å². The molecule has 1 aliphatic rings. The minimum atomic E-state index is -0.307. The zero-order valence-corrected chi connectivity index (χ0v) is 17.7. The number of benzene rings is 2. The van der Waals surface area contributed by atoms with Crippen molar-refractivity contribution in [2.24, 2.45) is 0 Å². The second kappa shape index (κ2) is 9.32. The highest BCUT2D eigenvalue weighted by Gasteiger charge is 2.14. The van der Waals surface area contributed by atoms with Crippen molar-refractivity contribution in [2.45, 2.75) is 12.8 Å². The molecule has 6 nitrogen and oxygen atoms in total. The summed E-state index contributed by atoms with van der Waals surface area (Å²) in [5.74, 6) is 0.956. The Kier molecular flexibility index (Phi) is 6.35. The lowest BCUT2D eigenvalue weighted by Gasteiger charge is -2.15. The van der Waals surface area contributed by atoms with Crippen molar-refractivity contribution >= 4 is 40.6 Å². The summed E-state index contributed by atoms with van der Waals surface area (Å²) >= 11 is 12.0. The zero-order chi connectivity index (χ0) is 20.9. The highest BCUT2D eigenvalue weighted by atomic mass is 35.5. The Hall–Kier alpha value is -2.83. The Balaban J connectivity index is 1.39. The highest BCUT2D eigenvalue weighted by molar-refractivity contribution is 6.42. The van der Waals surface area contributed by atoms with Gasteiger partial charge in [0.05, 0.1) is 10.7 Å². The van der Waals surface area contributed by atoms with Gasteiger partial charge in [0.15, 0.2) is 12.4 Å². The number of carbonyl (C=O) groups is 1. The third kappa shape index (κ3) is 4.83. The Morgan fingerprint density at radius 1 is 1.03 bits per heavy atom. The first-order valence-electron chi connectivity index (χ1n) is 9.66. The lowest BCUT2D eigenvalue weighted by atomic mass is 10.1. The lowest BCUT2D eigenvalue weighted by molar-refractivity contribution is -0.118. The third-order valence-corrected chi connectivity index (χ3v) is 5.60. The molecule has 0 aliphatic carbocycles. The number of amides is 1. The smallest absolute Gasteiger partial charge is 0.262 e. The van der Waals surface area contributed by atoms with Crippen LogP contribution in [-0.4, -0.2) is 35.8 Å². The Labute approximate surface area is 184 Å². The average Bonchev–Trinajstić information content (AvgIpc) is 3.30. The number of nitrogens with one attached hydrogen (secondary N) is 1. The number of anilines is 2. The standard InChI is InChI=1S/C22H20Cl2N4O2/c23-17-7-4-8-19(22(17)24)30-14-21(29)25-16-6-3-5-15(13-16)18-9-10-20(27-26-18)28-11-1-2-12-28/h3-10,13H,1-2,11-12,14H2,(H,25,29). The monoisotopic (exact) mass is 442 g/mol. The van der Waals surface area contributed by atoms with E-state index in [0.29, 0.717) is 16.5 Å². The minimum absolute atomic E-state index is 0.186. The number of nitrogens with zero attached hydrogens (tertiary/aromatic N) is 3. The number of hydrogen-bond donors (Lipinski definition) is 1. The number of aromatic nitrogens is 2. The van der Waals surface area contributed by atoms with Gasteiger partial charge in [-0.3, -0.25) is 4.79 Å². The number of hydrogen-bond acceptors (Lipinski definition) is 5. The molecular formula is C22H20Cl2N4O2. The van der Waals surface area contributed by atoms with E-state index in [4.69, 9.17) is 27.9 Å². The molecule has 0 bridgehead atoms. The van der Waals surface area contributed by atoms with Gasteiger partial charge in [0, 0.05) is 24.3 Å². The van der Waals surface area contributed by atoms with E-state index in [2.05, 4.69) is 20.4 Å². The molecule has 4 rings (SSSR count). The van der Waals surface area contributed by atoms with E-state index in [1.54, 1.807) is 24.3 Å². The quantitative estimate of drug-likeness (QED) is 0.577. The van der Waals surface area contributed by atoms with E-state index in [0.717, 1.165) is 30.2 Å². The summed E-state index contributed by atoms with van der Waals surface area (Å²) in [5.41, 5.74) is 2.26.